The first kappa shape index (κ1) is 14.2. The lowest BCUT2D eigenvalue weighted by Gasteiger charge is -2.06. The van der Waals surface area contributed by atoms with Crippen LogP contribution in [0.3, 0.4) is 0 Å². The molecule has 0 unspecified atom stereocenters. The SMILES string of the molecule is Cc1cc(-c2nnc(CCC(=O)NC(C)C)o2)n(C)n1. The summed E-state index contributed by atoms with van der Waals surface area (Å²) in [4.78, 5) is 11.5. The molecule has 108 valence electrons. The molecule has 0 radical (unpaired) electrons. The van der Waals surface area contributed by atoms with E-state index in [-0.39, 0.29) is 11.9 Å². The van der Waals surface area contributed by atoms with Crippen LogP contribution >= 0.6 is 0 Å². The number of hydrogen-bond donors (Lipinski definition) is 1. The lowest BCUT2D eigenvalue weighted by molar-refractivity contribution is -0.121. The minimum Gasteiger partial charge on any atom is -0.419 e. The largest absolute Gasteiger partial charge is 0.419 e. The molecule has 0 aliphatic heterocycles. The van der Waals surface area contributed by atoms with Crippen molar-refractivity contribution < 1.29 is 9.21 Å². The normalized spacial score (nSPS) is 11.1. The van der Waals surface area contributed by atoms with Crippen molar-refractivity contribution in [3.63, 3.8) is 0 Å². The fourth-order valence-electron chi connectivity index (χ4n) is 1.88. The van der Waals surface area contributed by atoms with Crippen LogP contribution in [0.4, 0.5) is 0 Å². The minimum absolute atomic E-state index is 0.0175. The average molecular weight is 277 g/mol. The molecule has 7 nitrogen and oxygen atoms in total. The zero-order valence-electron chi connectivity index (χ0n) is 12.2. The number of rotatable bonds is 5. The molecule has 2 rings (SSSR count). The van der Waals surface area contributed by atoms with Gasteiger partial charge in [-0.3, -0.25) is 9.48 Å². The van der Waals surface area contributed by atoms with Crippen LogP contribution in [0.15, 0.2) is 10.5 Å². The van der Waals surface area contributed by atoms with Crippen LogP contribution in [0.5, 0.6) is 0 Å². The zero-order chi connectivity index (χ0) is 14.7. The first-order valence-electron chi connectivity index (χ1n) is 6.58. The number of carbonyl (C=O) groups is 1. The molecule has 2 aromatic heterocycles. The van der Waals surface area contributed by atoms with Gasteiger partial charge in [-0.1, -0.05) is 0 Å². The smallest absolute Gasteiger partial charge is 0.265 e. The summed E-state index contributed by atoms with van der Waals surface area (Å²) < 4.78 is 7.25. The maximum Gasteiger partial charge on any atom is 0.265 e. The van der Waals surface area contributed by atoms with Crippen LogP contribution in [0.25, 0.3) is 11.6 Å². The van der Waals surface area contributed by atoms with Crippen molar-refractivity contribution in [2.75, 3.05) is 0 Å². The van der Waals surface area contributed by atoms with Gasteiger partial charge in [-0.25, -0.2) is 0 Å². The van der Waals surface area contributed by atoms with Crippen LogP contribution in [0, 0.1) is 6.92 Å². The standard InChI is InChI=1S/C13H19N5O2/c1-8(2)14-11(19)5-6-12-15-16-13(20-12)10-7-9(3)17-18(10)4/h7-8H,5-6H2,1-4H3,(H,14,19). The fourth-order valence-corrected chi connectivity index (χ4v) is 1.88. The maximum absolute atomic E-state index is 11.5. The molecule has 0 aromatic carbocycles. The Labute approximate surface area is 117 Å². The fraction of sp³-hybridized carbons (Fsp3) is 0.538. The Morgan fingerprint density at radius 1 is 1.45 bits per heavy atom. The molecule has 0 bridgehead atoms. The highest BCUT2D eigenvalue weighted by Crippen LogP contribution is 2.18. The minimum atomic E-state index is -0.0175. The quantitative estimate of drug-likeness (QED) is 0.888. The van der Waals surface area contributed by atoms with Gasteiger partial charge in [0.05, 0.1) is 5.69 Å². The summed E-state index contributed by atoms with van der Waals surface area (Å²) in [6.07, 6.45) is 0.770. The molecule has 2 aromatic rings. The van der Waals surface area contributed by atoms with E-state index >= 15 is 0 Å². The Morgan fingerprint density at radius 2 is 2.20 bits per heavy atom. The summed E-state index contributed by atoms with van der Waals surface area (Å²) in [7, 11) is 1.82. The highest BCUT2D eigenvalue weighted by molar-refractivity contribution is 5.76. The summed E-state index contributed by atoms with van der Waals surface area (Å²) in [6.45, 7) is 5.75. The first-order chi connectivity index (χ1) is 9.45. The van der Waals surface area contributed by atoms with Crippen molar-refractivity contribution >= 4 is 5.91 Å². The third kappa shape index (κ3) is 3.43. The van der Waals surface area contributed by atoms with Crippen molar-refractivity contribution in [3.05, 3.63) is 17.7 Å². The van der Waals surface area contributed by atoms with Crippen molar-refractivity contribution in [2.24, 2.45) is 7.05 Å². The first-order valence-corrected chi connectivity index (χ1v) is 6.58. The second kappa shape index (κ2) is 5.85. The number of carbonyl (C=O) groups excluding carboxylic acids is 1. The number of aryl methyl sites for hydroxylation is 3. The van der Waals surface area contributed by atoms with E-state index in [1.807, 2.05) is 33.9 Å². The van der Waals surface area contributed by atoms with Gasteiger partial charge in [-0.05, 0) is 26.8 Å². The van der Waals surface area contributed by atoms with Crippen LogP contribution in [-0.4, -0.2) is 31.9 Å². The number of hydrogen-bond acceptors (Lipinski definition) is 5. The molecule has 0 spiro atoms. The molecule has 0 aliphatic carbocycles. The second-order valence-corrected chi connectivity index (χ2v) is 5.02. The third-order valence-electron chi connectivity index (χ3n) is 2.70. The van der Waals surface area contributed by atoms with Crippen molar-refractivity contribution in [3.8, 4) is 11.6 Å². The molecule has 7 heteroatoms. The van der Waals surface area contributed by atoms with Gasteiger partial charge in [0.15, 0.2) is 0 Å². The van der Waals surface area contributed by atoms with Gasteiger partial charge < -0.3 is 9.73 Å². The van der Waals surface area contributed by atoms with E-state index in [0.717, 1.165) is 11.4 Å². The van der Waals surface area contributed by atoms with E-state index in [1.54, 1.807) is 4.68 Å². The second-order valence-electron chi connectivity index (χ2n) is 5.02. The Hall–Kier alpha value is -2.18. The Balaban J connectivity index is 1.99. The van der Waals surface area contributed by atoms with Gasteiger partial charge in [0.2, 0.25) is 11.8 Å². The topological polar surface area (TPSA) is 85.8 Å². The molecule has 0 aliphatic rings. The molecule has 0 fully saturated rings. The van der Waals surface area contributed by atoms with Crippen molar-refractivity contribution in [2.45, 2.75) is 39.7 Å². The molecule has 20 heavy (non-hydrogen) atoms. The average Bonchev–Trinajstić information content (AvgIpc) is 2.92. The highest BCUT2D eigenvalue weighted by Gasteiger charge is 2.14. The van der Waals surface area contributed by atoms with Crippen LogP contribution in [0.2, 0.25) is 0 Å². The predicted molar refractivity (Wildman–Crippen MR) is 72.8 cm³/mol. The number of nitrogens with zero attached hydrogens (tertiary/aromatic N) is 4. The van der Waals surface area contributed by atoms with E-state index in [1.165, 1.54) is 0 Å². The molecule has 1 N–H and O–H groups in total. The summed E-state index contributed by atoms with van der Waals surface area (Å²) in [5.74, 6) is 0.862. The summed E-state index contributed by atoms with van der Waals surface area (Å²) in [6, 6.07) is 2.01. The molecular formula is C13H19N5O2. The lowest BCUT2D eigenvalue weighted by Crippen LogP contribution is -2.30. The molecular weight excluding hydrogens is 258 g/mol. The Bertz CT molecular complexity index is 600. The van der Waals surface area contributed by atoms with Gasteiger partial charge >= 0.3 is 0 Å². The van der Waals surface area contributed by atoms with E-state index in [9.17, 15) is 4.79 Å². The van der Waals surface area contributed by atoms with Gasteiger partial charge in [-0.2, -0.15) is 5.10 Å². The van der Waals surface area contributed by atoms with E-state index < -0.39 is 0 Å². The Kier molecular flexibility index (Phi) is 4.16. The van der Waals surface area contributed by atoms with Crippen molar-refractivity contribution in [1.29, 1.82) is 0 Å². The predicted octanol–water partition coefficient (Wildman–Crippen LogP) is 1.24. The van der Waals surface area contributed by atoms with Crippen LogP contribution in [-0.2, 0) is 18.3 Å². The monoisotopic (exact) mass is 277 g/mol. The lowest BCUT2D eigenvalue weighted by atomic mass is 10.3. The van der Waals surface area contributed by atoms with Gasteiger partial charge in [0.25, 0.3) is 5.89 Å². The number of nitrogens with one attached hydrogen (secondary N) is 1. The van der Waals surface area contributed by atoms with E-state index in [0.29, 0.717) is 24.6 Å². The molecule has 1 amide bonds. The highest BCUT2D eigenvalue weighted by atomic mass is 16.4. The molecule has 0 saturated carbocycles. The summed E-state index contributed by atoms with van der Waals surface area (Å²) in [5, 5.41) is 15.0. The van der Waals surface area contributed by atoms with Gasteiger partial charge in [0, 0.05) is 25.9 Å². The third-order valence-corrected chi connectivity index (χ3v) is 2.70. The van der Waals surface area contributed by atoms with Crippen LogP contribution < -0.4 is 5.32 Å². The number of amides is 1. The van der Waals surface area contributed by atoms with E-state index in [2.05, 4.69) is 20.6 Å². The van der Waals surface area contributed by atoms with Crippen LogP contribution in [0.1, 0.15) is 31.9 Å². The summed E-state index contributed by atoms with van der Waals surface area (Å²) in [5.41, 5.74) is 1.66. The molecule has 2 heterocycles. The molecule has 0 saturated heterocycles. The van der Waals surface area contributed by atoms with E-state index in [4.69, 9.17) is 4.42 Å². The van der Waals surface area contributed by atoms with Crippen molar-refractivity contribution in [1.82, 2.24) is 25.3 Å². The van der Waals surface area contributed by atoms with Gasteiger partial charge in [-0.15, -0.1) is 10.2 Å². The Morgan fingerprint density at radius 3 is 2.80 bits per heavy atom. The number of aromatic nitrogens is 4. The molecule has 0 atom stereocenters. The maximum atomic E-state index is 11.5. The summed E-state index contributed by atoms with van der Waals surface area (Å²) >= 11 is 0. The van der Waals surface area contributed by atoms with Gasteiger partial charge in [0.1, 0.15) is 5.69 Å². The zero-order valence-corrected chi connectivity index (χ0v) is 12.2.